The van der Waals surface area contributed by atoms with Crippen LogP contribution in [0.3, 0.4) is 0 Å². The van der Waals surface area contributed by atoms with Gasteiger partial charge in [0, 0.05) is 11.7 Å². The van der Waals surface area contributed by atoms with Crippen LogP contribution in [-0.4, -0.2) is 17.1 Å². The molecule has 0 aliphatic heterocycles. The van der Waals surface area contributed by atoms with Crippen molar-refractivity contribution in [1.29, 1.82) is 0 Å². The average molecular weight is 297 g/mol. The van der Waals surface area contributed by atoms with Crippen LogP contribution in [0.2, 0.25) is 5.02 Å². The van der Waals surface area contributed by atoms with Gasteiger partial charge in [-0.2, -0.15) is 0 Å². The Kier molecular flexibility index (Phi) is 4.43. The third-order valence-electron chi connectivity index (χ3n) is 4.10. The number of nitrogens with one attached hydrogen (secondary N) is 1. The fourth-order valence-corrected chi connectivity index (χ4v) is 3.29. The van der Waals surface area contributed by atoms with Crippen molar-refractivity contribution in [3.8, 4) is 0 Å². The highest BCUT2D eigenvalue weighted by Crippen LogP contribution is 2.35. The Hall–Kier alpha value is -1.42. The van der Waals surface area contributed by atoms with Gasteiger partial charge in [-0.25, -0.2) is 4.79 Å². The molecule has 2 rings (SSSR count). The Bertz CT molecular complexity index is 519. The number of carbonyl (C=O) groups is 1. The summed E-state index contributed by atoms with van der Waals surface area (Å²) in [6, 6.07) is 3.30. The van der Waals surface area contributed by atoms with Gasteiger partial charge < -0.3 is 16.2 Å². The molecule has 0 spiro atoms. The molecule has 1 aliphatic carbocycles. The van der Waals surface area contributed by atoms with Crippen LogP contribution in [0.1, 0.15) is 43.5 Å². The molecule has 0 aromatic heterocycles. The van der Waals surface area contributed by atoms with Gasteiger partial charge in [-0.1, -0.05) is 25.4 Å². The predicted octanol–water partition coefficient (Wildman–Crippen LogP) is 3.86. The number of nitrogen functional groups attached to an aromatic ring is 1. The highest BCUT2D eigenvalue weighted by Gasteiger charge is 2.27. The molecule has 5 heteroatoms. The minimum atomic E-state index is -1.02. The Morgan fingerprint density at radius 2 is 2.10 bits per heavy atom. The summed E-state index contributed by atoms with van der Waals surface area (Å²) >= 11 is 6.17. The molecule has 0 bridgehead atoms. The van der Waals surface area contributed by atoms with Crippen LogP contribution >= 0.6 is 11.6 Å². The SMILES string of the molecule is CC1CCC(Nc2c(Cl)cc(N)cc2C(=O)O)C(C)C1. The van der Waals surface area contributed by atoms with Gasteiger partial charge in [0.15, 0.2) is 0 Å². The maximum atomic E-state index is 11.3. The van der Waals surface area contributed by atoms with E-state index < -0.39 is 5.97 Å². The molecule has 4 N–H and O–H groups in total. The minimum Gasteiger partial charge on any atom is -0.478 e. The topological polar surface area (TPSA) is 75.3 Å². The van der Waals surface area contributed by atoms with Crippen LogP contribution in [0.25, 0.3) is 0 Å². The van der Waals surface area contributed by atoms with E-state index in [1.54, 1.807) is 6.07 Å². The quantitative estimate of drug-likeness (QED) is 0.740. The van der Waals surface area contributed by atoms with Crippen LogP contribution < -0.4 is 11.1 Å². The fourth-order valence-electron chi connectivity index (χ4n) is 3.01. The maximum Gasteiger partial charge on any atom is 0.337 e. The van der Waals surface area contributed by atoms with Gasteiger partial charge in [-0.3, -0.25) is 0 Å². The Morgan fingerprint density at radius 1 is 1.40 bits per heavy atom. The number of benzene rings is 1. The van der Waals surface area contributed by atoms with Gasteiger partial charge in [-0.05, 0) is 43.2 Å². The summed E-state index contributed by atoms with van der Waals surface area (Å²) < 4.78 is 0. The second-order valence-corrected chi connectivity index (χ2v) is 6.28. The number of carboxylic acid groups (broad SMARTS) is 1. The van der Waals surface area contributed by atoms with E-state index >= 15 is 0 Å². The molecule has 3 atom stereocenters. The molecule has 0 amide bonds. The fraction of sp³-hybridized carbons (Fsp3) is 0.533. The van der Waals surface area contributed by atoms with E-state index in [1.807, 2.05) is 0 Å². The molecule has 0 heterocycles. The summed E-state index contributed by atoms with van der Waals surface area (Å²) in [5.74, 6) is 0.205. The normalized spacial score (nSPS) is 26.2. The molecular formula is C15H21ClN2O2. The zero-order valence-electron chi connectivity index (χ0n) is 11.8. The molecular weight excluding hydrogens is 276 g/mol. The lowest BCUT2D eigenvalue weighted by molar-refractivity contribution is 0.0698. The number of rotatable bonds is 3. The molecule has 20 heavy (non-hydrogen) atoms. The Labute approximate surface area is 124 Å². The highest BCUT2D eigenvalue weighted by molar-refractivity contribution is 6.34. The van der Waals surface area contributed by atoms with Gasteiger partial charge in [0.25, 0.3) is 0 Å². The molecule has 0 saturated heterocycles. The monoisotopic (exact) mass is 296 g/mol. The molecule has 1 aromatic rings. The first kappa shape index (κ1) is 15.0. The summed E-state index contributed by atoms with van der Waals surface area (Å²) in [6.45, 7) is 4.45. The zero-order valence-corrected chi connectivity index (χ0v) is 12.6. The van der Waals surface area contributed by atoms with Crippen LogP contribution in [0.4, 0.5) is 11.4 Å². The minimum absolute atomic E-state index is 0.140. The standard InChI is InChI=1S/C15H21ClN2O2/c1-8-3-4-13(9(2)5-8)18-14-11(15(19)20)6-10(17)7-12(14)16/h6-9,13,18H,3-5,17H2,1-2H3,(H,19,20). The van der Waals surface area contributed by atoms with Gasteiger partial charge in [-0.15, -0.1) is 0 Å². The van der Waals surface area contributed by atoms with E-state index in [0.29, 0.717) is 22.3 Å². The molecule has 4 nitrogen and oxygen atoms in total. The predicted molar refractivity (Wildman–Crippen MR) is 82.4 cm³/mol. The van der Waals surface area contributed by atoms with Crippen LogP contribution in [0.5, 0.6) is 0 Å². The third-order valence-corrected chi connectivity index (χ3v) is 4.40. The number of halogens is 1. The highest BCUT2D eigenvalue weighted by atomic mass is 35.5. The smallest absolute Gasteiger partial charge is 0.337 e. The molecule has 1 aromatic carbocycles. The van der Waals surface area contributed by atoms with Crippen molar-refractivity contribution in [2.45, 2.75) is 39.2 Å². The first-order valence-electron chi connectivity index (χ1n) is 6.97. The van der Waals surface area contributed by atoms with E-state index in [4.69, 9.17) is 17.3 Å². The van der Waals surface area contributed by atoms with E-state index in [1.165, 1.54) is 6.07 Å². The Morgan fingerprint density at radius 3 is 2.70 bits per heavy atom. The second-order valence-electron chi connectivity index (χ2n) is 5.88. The first-order valence-corrected chi connectivity index (χ1v) is 7.35. The van der Waals surface area contributed by atoms with Gasteiger partial charge >= 0.3 is 5.97 Å². The summed E-state index contributed by atoms with van der Waals surface area (Å²) in [7, 11) is 0. The van der Waals surface area contributed by atoms with Crippen LogP contribution in [0.15, 0.2) is 12.1 Å². The number of hydrogen-bond acceptors (Lipinski definition) is 3. The lowest BCUT2D eigenvalue weighted by Crippen LogP contribution is -2.33. The molecule has 110 valence electrons. The summed E-state index contributed by atoms with van der Waals surface area (Å²) in [6.07, 6.45) is 3.33. The average Bonchev–Trinajstić information content (AvgIpc) is 2.34. The van der Waals surface area contributed by atoms with Gasteiger partial charge in [0.2, 0.25) is 0 Å². The molecule has 3 unspecified atom stereocenters. The number of carboxylic acids is 1. The van der Waals surface area contributed by atoms with Crippen molar-refractivity contribution in [2.24, 2.45) is 11.8 Å². The van der Waals surface area contributed by atoms with Crippen molar-refractivity contribution in [1.82, 2.24) is 0 Å². The van der Waals surface area contributed by atoms with Crippen molar-refractivity contribution < 1.29 is 9.90 Å². The zero-order chi connectivity index (χ0) is 14.9. The van der Waals surface area contributed by atoms with E-state index in [9.17, 15) is 9.90 Å². The molecule has 1 fully saturated rings. The van der Waals surface area contributed by atoms with Crippen molar-refractivity contribution in [3.63, 3.8) is 0 Å². The number of hydrogen-bond donors (Lipinski definition) is 3. The summed E-state index contributed by atoms with van der Waals surface area (Å²) in [5, 5.41) is 13.0. The van der Waals surface area contributed by atoms with E-state index in [-0.39, 0.29) is 11.6 Å². The number of nitrogens with two attached hydrogens (primary N) is 1. The second kappa shape index (κ2) is 5.92. The number of anilines is 2. The van der Waals surface area contributed by atoms with Gasteiger partial charge in [0.1, 0.15) is 0 Å². The van der Waals surface area contributed by atoms with Crippen LogP contribution in [-0.2, 0) is 0 Å². The first-order chi connectivity index (χ1) is 9.38. The molecule has 1 aliphatic rings. The van der Waals surface area contributed by atoms with E-state index in [2.05, 4.69) is 19.2 Å². The summed E-state index contributed by atoms with van der Waals surface area (Å²) in [4.78, 5) is 11.3. The van der Waals surface area contributed by atoms with Crippen LogP contribution in [0, 0.1) is 11.8 Å². The van der Waals surface area contributed by atoms with Crippen molar-refractivity contribution in [3.05, 3.63) is 22.7 Å². The van der Waals surface area contributed by atoms with Crippen molar-refractivity contribution in [2.75, 3.05) is 11.1 Å². The lowest BCUT2D eigenvalue weighted by Gasteiger charge is -2.34. The molecule has 1 saturated carbocycles. The molecule has 0 radical (unpaired) electrons. The number of aromatic carboxylic acids is 1. The van der Waals surface area contributed by atoms with Gasteiger partial charge in [0.05, 0.1) is 16.3 Å². The lowest BCUT2D eigenvalue weighted by atomic mass is 9.79. The van der Waals surface area contributed by atoms with Crippen molar-refractivity contribution >= 4 is 28.9 Å². The van der Waals surface area contributed by atoms with E-state index in [0.717, 1.165) is 25.2 Å². The summed E-state index contributed by atoms with van der Waals surface area (Å²) in [5.41, 5.74) is 6.66. The maximum absolute atomic E-state index is 11.3. The Balaban J connectivity index is 2.27. The third kappa shape index (κ3) is 3.18. The largest absolute Gasteiger partial charge is 0.478 e.